The lowest BCUT2D eigenvalue weighted by molar-refractivity contribution is 0.0911. The number of aliphatic hydroxyl groups excluding tert-OH is 1. The molecule has 0 bridgehead atoms. The summed E-state index contributed by atoms with van der Waals surface area (Å²) < 4.78 is 0. The van der Waals surface area contributed by atoms with Crippen LogP contribution in [0.4, 0.5) is 0 Å². The minimum absolute atomic E-state index is 0.0310. The first kappa shape index (κ1) is 13.5. The molecule has 1 aromatic heterocycles. The molecule has 0 spiro atoms. The Balaban J connectivity index is 2.13. The minimum Gasteiger partial charge on any atom is -0.396 e. The van der Waals surface area contributed by atoms with E-state index in [0.29, 0.717) is 12.1 Å². The Kier molecular flexibility index (Phi) is 3.81. The average Bonchev–Trinajstić information content (AvgIpc) is 2.44. The van der Waals surface area contributed by atoms with Gasteiger partial charge >= 0.3 is 0 Å². The number of rotatable bonds is 4. The van der Waals surface area contributed by atoms with Crippen LogP contribution in [0.3, 0.4) is 0 Å². The van der Waals surface area contributed by atoms with Crippen LogP contribution >= 0.6 is 0 Å². The number of carbonyl (C=O) groups is 1. The highest BCUT2D eigenvalue weighted by molar-refractivity contribution is 5.97. The number of pyridine rings is 1. The number of nitrogens with one attached hydrogen (secondary N) is 1. The molecule has 2 aromatic rings. The fraction of sp³-hybridized carbons (Fsp3) is 0.333. The fourth-order valence-electron chi connectivity index (χ4n) is 1.67. The number of fused-ring (bicyclic) bond motifs is 1. The largest absolute Gasteiger partial charge is 0.396 e. The molecule has 2 rings (SSSR count). The molecule has 19 heavy (non-hydrogen) atoms. The van der Waals surface area contributed by atoms with Crippen molar-refractivity contribution in [2.45, 2.75) is 13.8 Å². The maximum atomic E-state index is 12.0. The lowest BCUT2D eigenvalue weighted by atomic mass is 9.95. The summed E-state index contributed by atoms with van der Waals surface area (Å²) in [5.41, 5.74) is 1.09. The van der Waals surface area contributed by atoms with E-state index in [1.807, 2.05) is 44.2 Å². The lowest BCUT2D eigenvalue weighted by Crippen LogP contribution is -2.36. The number of carbonyl (C=O) groups excluding carboxylic acids is 1. The first-order valence-electron chi connectivity index (χ1n) is 6.26. The zero-order valence-electron chi connectivity index (χ0n) is 11.2. The van der Waals surface area contributed by atoms with Crippen LogP contribution in [0.5, 0.6) is 0 Å². The molecule has 4 nitrogen and oxygen atoms in total. The summed E-state index contributed by atoms with van der Waals surface area (Å²) in [6.07, 6.45) is 1.57. The third-order valence-electron chi connectivity index (χ3n) is 3.01. The molecule has 2 N–H and O–H groups in total. The highest BCUT2D eigenvalue weighted by Crippen LogP contribution is 2.14. The van der Waals surface area contributed by atoms with Gasteiger partial charge in [0.25, 0.3) is 5.91 Å². The minimum atomic E-state index is -0.320. The number of hydrogen-bond donors (Lipinski definition) is 2. The number of amides is 1. The third kappa shape index (κ3) is 3.29. The first-order valence-corrected chi connectivity index (χ1v) is 6.26. The molecule has 0 radical (unpaired) electrons. The van der Waals surface area contributed by atoms with Crippen molar-refractivity contribution in [2.24, 2.45) is 5.41 Å². The van der Waals surface area contributed by atoms with Crippen LogP contribution in [-0.2, 0) is 0 Å². The molecule has 1 aromatic carbocycles. The van der Waals surface area contributed by atoms with Crippen molar-refractivity contribution in [1.29, 1.82) is 0 Å². The average molecular weight is 258 g/mol. The molecule has 0 atom stereocenters. The predicted molar refractivity (Wildman–Crippen MR) is 74.9 cm³/mol. The van der Waals surface area contributed by atoms with Gasteiger partial charge in [-0.15, -0.1) is 0 Å². The van der Waals surface area contributed by atoms with E-state index in [2.05, 4.69) is 10.3 Å². The van der Waals surface area contributed by atoms with E-state index in [1.165, 1.54) is 0 Å². The molecule has 4 heteroatoms. The molecule has 0 aliphatic rings. The summed E-state index contributed by atoms with van der Waals surface area (Å²) in [7, 11) is 0. The van der Waals surface area contributed by atoms with Gasteiger partial charge in [0.2, 0.25) is 0 Å². The van der Waals surface area contributed by atoms with Crippen molar-refractivity contribution in [2.75, 3.05) is 13.2 Å². The van der Waals surface area contributed by atoms with E-state index in [9.17, 15) is 4.79 Å². The van der Waals surface area contributed by atoms with Crippen molar-refractivity contribution in [3.05, 3.63) is 42.1 Å². The van der Waals surface area contributed by atoms with E-state index in [4.69, 9.17) is 5.11 Å². The highest BCUT2D eigenvalue weighted by atomic mass is 16.3. The second-order valence-electron chi connectivity index (χ2n) is 5.42. The van der Waals surface area contributed by atoms with Crippen molar-refractivity contribution in [3.8, 4) is 0 Å². The predicted octanol–water partition coefficient (Wildman–Crippen LogP) is 1.98. The number of aromatic nitrogens is 1. The van der Waals surface area contributed by atoms with E-state index >= 15 is 0 Å². The zero-order chi connectivity index (χ0) is 13.9. The van der Waals surface area contributed by atoms with Gasteiger partial charge in [-0.3, -0.25) is 9.78 Å². The Morgan fingerprint density at radius 1 is 1.37 bits per heavy atom. The van der Waals surface area contributed by atoms with E-state index in [-0.39, 0.29) is 17.9 Å². The van der Waals surface area contributed by atoms with Crippen LogP contribution in [0.1, 0.15) is 24.2 Å². The second kappa shape index (κ2) is 5.36. The van der Waals surface area contributed by atoms with Crippen LogP contribution in [-0.4, -0.2) is 29.1 Å². The van der Waals surface area contributed by atoms with Crippen molar-refractivity contribution < 1.29 is 9.90 Å². The Labute approximate surface area is 112 Å². The summed E-state index contributed by atoms with van der Waals surface area (Å²) in [6.45, 7) is 4.25. The van der Waals surface area contributed by atoms with Crippen molar-refractivity contribution in [3.63, 3.8) is 0 Å². The molecule has 0 saturated carbocycles. The van der Waals surface area contributed by atoms with E-state index in [0.717, 1.165) is 10.9 Å². The molecular weight excluding hydrogens is 240 g/mol. The van der Waals surface area contributed by atoms with Gasteiger partial charge < -0.3 is 10.4 Å². The van der Waals surface area contributed by atoms with E-state index in [1.54, 1.807) is 6.20 Å². The van der Waals surface area contributed by atoms with Crippen LogP contribution in [0.15, 0.2) is 36.5 Å². The summed E-state index contributed by atoms with van der Waals surface area (Å²) in [5.74, 6) is -0.167. The molecule has 0 fully saturated rings. The Morgan fingerprint density at radius 3 is 2.84 bits per heavy atom. The van der Waals surface area contributed by atoms with Crippen LogP contribution in [0, 0.1) is 5.41 Å². The summed E-state index contributed by atoms with van der Waals surface area (Å²) in [4.78, 5) is 16.3. The van der Waals surface area contributed by atoms with Gasteiger partial charge in [-0.05, 0) is 12.1 Å². The molecule has 100 valence electrons. The van der Waals surface area contributed by atoms with Crippen molar-refractivity contribution in [1.82, 2.24) is 10.3 Å². The van der Waals surface area contributed by atoms with Gasteiger partial charge in [-0.25, -0.2) is 0 Å². The maximum Gasteiger partial charge on any atom is 0.252 e. The Morgan fingerprint density at radius 2 is 2.11 bits per heavy atom. The standard InChI is InChI=1S/C15H18N2O2/c1-15(2,10-18)9-17-14(19)12-7-11-5-3-4-6-13(11)16-8-12/h3-8,18H,9-10H2,1-2H3,(H,17,19). The monoisotopic (exact) mass is 258 g/mol. The third-order valence-corrected chi connectivity index (χ3v) is 3.01. The van der Waals surface area contributed by atoms with Gasteiger partial charge in [0.05, 0.1) is 11.1 Å². The van der Waals surface area contributed by atoms with Crippen LogP contribution in [0.25, 0.3) is 10.9 Å². The zero-order valence-corrected chi connectivity index (χ0v) is 11.2. The summed E-state index contributed by atoms with van der Waals surface area (Å²) in [6, 6.07) is 9.49. The SMILES string of the molecule is CC(C)(CO)CNC(=O)c1cnc2ccccc2c1. The number of benzene rings is 1. The fourth-order valence-corrected chi connectivity index (χ4v) is 1.67. The summed E-state index contributed by atoms with van der Waals surface area (Å²) in [5, 5.41) is 12.9. The van der Waals surface area contributed by atoms with Gasteiger partial charge in [0, 0.05) is 30.1 Å². The molecule has 0 unspecified atom stereocenters. The Bertz CT molecular complexity index is 593. The second-order valence-corrected chi connectivity index (χ2v) is 5.42. The normalized spacial score (nSPS) is 11.5. The molecule has 0 saturated heterocycles. The number of para-hydroxylation sites is 1. The number of nitrogens with zero attached hydrogens (tertiary/aromatic N) is 1. The smallest absolute Gasteiger partial charge is 0.252 e. The number of aliphatic hydroxyl groups is 1. The van der Waals surface area contributed by atoms with Crippen LogP contribution in [0.2, 0.25) is 0 Å². The maximum absolute atomic E-state index is 12.0. The van der Waals surface area contributed by atoms with Gasteiger partial charge in [-0.1, -0.05) is 32.0 Å². The van der Waals surface area contributed by atoms with Gasteiger partial charge in [0.15, 0.2) is 0 Å². The molecule has 1 heterocycles. The lowest BCUT2D eigenvalue weighted by Gasteiger charge is -2.21. The summed E-state index contributed by atoms with van der Waals surface area (Å²) >= 11 is 0. The molecule has 0 aliphatic carbocycles. The van der Waals surface area contributed by atoms with Gasteiger partial charge in [0.1, 0.15) is 0 Å². The molecular formula is C15H18N2O2. The molecule has 0 aliphatic heterocycles. The van der Waals surface area contributed by atoms with E-state index < -0.39 is 0 Å². The van der Waals surface area contributed by atoms with Gasteiger partial charge in [-0.2, -0.15) is 0 Å². The topological polar surface area (TPSA) is 62.2 Å². The Hall–Kier alpha value is -1.94. The van der Waals surface area contributed by atoms with Crippen molar-refractivity contribution >= 4 is 16.8 Å². The molecule has 1 amide bonds. The number of hydrogen-bond acceptors (Lipinski definition) is 3. The van der Waals surface area contributed by atoms with Crippen LogP contribution < -0.4 is 5.32 Å². The highest BCUT2D eigenvalue weighted by Gasteiger charge is 2.18. The first-order chi connectivity index (χ1) is 9.02. The quantitative estimate of drug-likeness (QED) is 0.881.